The largest absolute Gasteiger partial charge is 0.465 e. The predicted octanol–water partition coefficient (Wildman–Crippen LogP) is 2.46. The summed E-state index contributed by atoms with van der Waals surface area (Å²) >= 11 is 0. The van der Waals surface area contributed by atoms with Gasteiger partial charge in [-0.3, -0.25) is 9.59 Å². The van der Waals surface area contributed by atoms with Crippen molar-refractivity contribution in [3.05, 3.63) is 30.3 Å². The van der Waals surface area contributed by atoms with Crippen molar-refractivity contribution in [2.24, 2.45) is 5.41 Å². The molecule has 1 saturated carbocycles. The highest BCUT2D eigenvalue weighted by Crippen LogP contribution is 2.48. The summed E-state index contributed by atoms with van der Waals surface area (Å²) in [5.41, 5.74) is 0.334. The zero-order chi connectivity index (χ0) is 17.2. The molecule has 1 amide bonds. The number of hydrogen-bond donors (Lipinski definition) is 0. The maximum atomic E-state index is 12.8. The van der Waals surface area contributed by atoms with Crippen LogP contribution in [0.4, 0.5) is 5.69 Å². The number of carbonyl (C=O) groups excluding carboxylic acids is 2. The van der Waals surface area contributed by atoms with E-state index in [-0.39, 0.29) is 11.9 Å². The van der Waals surface area contributed by atoms with E-state index < -0.39 is 5.41 Å². The van der Waals surface area contributed by atoms with Crippen molar-refractivity contribution >= 4 is 17.6 Å². The topological polar surface area (TPSA) is 49.9 Å². The van der Waals surface area contributed by atoms with Crippen molar-refractivity contribution in [1.82, 2.24) is 4.90 Å². The van der Waals surface area contributed by atoms with E-state index in [4.69, 9.17) is 4.74 Å². The molecule has 3 rings (SSSR count). The van der Waals surface area contributed by atoms with Gasteiger partial charge in [-0.25, -0.2) is 0 Å². The van der Waals surface area contributed by atoms with Gasteiger partial charge < -0.3 is 14.5 Å². The minimum atomic E-state index is -0.867. The molecule has 0 atom stereocenters. The van der Waals surface area contributed by atoms with Crippen LogP contribution in [0.1, 0.15) is 32.6 Å². The molecule has 1 aliphatic carbocycles. The smallest absolute Gasteiger partial charge is 0.321 e. The predicted molar refractivity (Wildman–Crippen MR) is 92.7 cm³/mol. The SMILES string of the molecule is CCOC(=O)C1(C(=O)N2CCC(N(C)c3ccccc3)CC2)CC1. The van der Waals surface area contributed by atoms with E-state index in [1.807, 2.05) is 23.1 Å². The molecule has 1 heterocycles. The molecule has 0 N–H and O–H groups in total. The third-order valence-corrected chi connectivity index (χ3v) is 5.29. The zero-order valence-electron chi connectivity index (χ0n) is 14.5. The molecule has 0 spiro atoms. The monoisotopic (exact) mass is 330 g/mol. The van der Waals surface area contributed by atoms with Crippen molar-refractivity contribution in [2.45, 2.75) is 38.6 Å². The molecule has 1 aromatic rings. The molecular weight excluding hydrogens is 304 g/mol. The van der Waals surface area contributed by atoms with Crippen LogP contribution in [0.3, 0.4) is 0 Å². The number of hydrogen-bond acceptors (Lipinski definition) is 4. The number of ether oxygens (including phenoxy) is 1. The lowest BCUT2D eigenvalue weighted by Gasteiger charge is -2.38. The standard InChI is InChI=1S/C19H26N2O3/c1-3-24-18(23)19(11-12-19)17(22)21-13-9-16(10-14-21)20(2)15-7-5-4-6-8-15/h4-8,16H,3,9-14H2,1-2H3. The van der Waals surface area contributed by atoms with Gasteiger partial charge in [0.05, 0.1) is 6.61 Å². The summed E-state index contributed by atoms with van der Waals surface area (Å²) in [7, 11) is 2.11. The molecule has 5 nitrogen and oxygen atoms in total. The summed E-state index contributed by atoms with van der Waals surface area (Å²) in [5, 5.41) is 0. The van der Waals surface area contributed by atoms with Crippen LogP contribution >= 0.6 is 0 Å². The quantitative estimate of drug-likeness (QED) is 0.615. The number of nitrogens with zero attached hydrogens (tertiary/aromatic N) is 2. The van der Waals surface area contributed by atoms with Gasteiger partial charge in [-0.15, -0.1) is 0 Å². The number of carbonyl (C=O) groups is 2. The molecule has 1 aromatic carbocycles. The molecule has 130 valence electrons. The van der Waals surface area contributed by atoms with Gasteiger partial charge in [-0.1, -0.05) is 18.2 Å². The first-order chi connectivity index (χ1) is 11.6. The highest BCUT2D eigenvalue weighted by atomic mass is 16.5. The minimum absolute atomic E-state index is 0.0261. The Kier molecular flexibility index (Phi) is 4.78. The lowest BCUT2D eigenvalue weighted by molar-refractivity contribution is -0.158. The lowest BCUT2D eigenvalue weighted by atomic mass is 9.99. The van der Waals surface area contributed by atoms with Gasteiger partial charge in [-0.05, 0) is 44.7 Å². The Morgan fingerprint density at radius 2 is 1.83 bits per heavy atom. The van der Waals surface area contributed by atoms with Crippen LogP contribution in [-0.4, -0.2) is 49.6 Å². The van der Waals surface area contributed by atoms with Crippen molar-refractivity contribution < 1.29 is 14.3 Å². The number of likely N-dealkylation sites (tertiary alicyclic amines) is 1. The molecule has 2 aliphatic rings. The van der Waals surface area contributed by atoms with Crippen molar-refractivity contribution in [1.29, 1.82) is 0 Å². The van der Waals surface area contributed by atoms with Crippen molar-refractivity contribution in [3.63, 3.8) is 0 Å². The van der Waals surface area contributed by atoms with E-state index in [0.717, 1.165) is 12.8 Å². The average Bonchev–Trinajstić information content (AvgIpc) is 3.43. The van der Waals surface area contributed by atoms with Crippen LogP contribution in [-0.2, 0) is 14.3 Å². The normalized spacial score (nSPS) is 19.7. The first-order valence-electron chi connectivity index (χ1n) is 8.83. The second-order valence-corrected chi connectivity index (χ2v) is 6.77. The fraction of sp³-hybridized carbons (Fsp3) is 0.579. The molecule has 0 unspecified atom stereocenters. The third kappa shape index (κ3) is 3.12. The molecule has 0 aromatic heterocycles. The van der Waals surface area contributed by atoms with Gasteiger partial charge in [0.2, 0.25) is 5.91 Å². The fourth-order valence-electron chi connectivity index (χ4n) is 3.53. The Hall–Kier alpha value is -2.04. The molecule has 2 fully saturated rings. The first-order valence-corrected chi connectivity index (χ1v) is 8.83. The van der Waals surface area contributed by atoms with Gasteiger partial charge in [0.15, 0.2) is 0 Å². The molecule has 0 radical (unpaired) electrons. The number of amides is 1. The molecule has 24 heavy (non-hydrogen) atoms. The number of piperidine rings is 1. The number of esters is 1. The van der Waals surface area contributed by atoms with Crippen molar-refractivity contribution in [2.75, 3.05) is 31.6 Å². The van der Waals surface area contributed by atoms with Gasteiger partial charge in [0, 0.05) is 31.9 Å². The Balaban J connectivity index is 1.57. The molecule has 5 heteroatoms. The van der Waals surface area contributed by atoms with E-state index in [9.17, 15) is 9.59 Å². The van der Waals surface area contributed by atoms with Gasteiger partial charge in [-0.2, -0.15) is 0 Å². The highest BCUT2D eigenvalue weighted by Gasteiger charge is 2.59. The Morgan fingerprint density at radius 1 is 1.21 bits per heavy atom. The van der Waals surface area contributed by atoms with Gasteiger partial charge >= 0.3 is 5.97 Å². The summed E-state index contributed by atoms with van der Waals surface area (Å²) in [5.74, 6) is -0.361. The summed E-state index contributed by atoms with van der Waals surface area (Å²) in [4.78, 5) is 29.0. The number of benzene rings is 1. The zero-order valence-corrected chi connectivity index (χ0v) is 14.5. The number of para-hydroxylation sites is 1. The van der Waals surface area contributed by atoms with Crippen molar-refractivity contribution in [3.8, 4) is 0 Å². The maximum absolute atomic E-state index is 12.8. The van der Waals surface area contributed by atoms with Crippen LogP contribution in [0.2, 0.25) is 0 Å². The number of anilines is 1. The highest BCUT2D eigenvalue weighted by molar-refractivity contribution is 6.05. The maximum Gasteiger partial charge on any atom is 0.321 e. The average molecular weight is 330 g/mol. The lowest BCUT2D eigenvalue weighted by Crippen LogP contribution is -2.49. The van der Waals surface area contributed by atoms with Crippen LogP contribution in [0.5, 0.6) is 0 Å². The molecule has 0 bridgehead atoms. The Labute approximate surface area is 143 Å². The first kappa shape index (κ1) is 16.8. The van der Waals surface area contributed by atoms with Crippen LogP contribution in [0, 0.1) is 5.41 Å². The number of rotatable bonds is 5. The second kappa shape index (κ2) is 6.83. The molecule has 1 aliphatic heterocycles. The third-order valence-electron chi connectivity index (χ3n) is 5.29. The van der Waals surface area contributed by atoms with E-state index in [2.05, 4.69) is 24.1 Å². The van der Waals surface area contributed by atoms with Crippen LogP contribution < -0.4 is 4.90 Å². The summed E-state index contributed by atoms with van der Waals surface area (Å²) in [6.07, 6.45) is 3.12. The molecular formula is C19H26N2O3. The summed E-state index contributed by atoms with van der Waals surface area (Å²) in [6, 6.07) is 10.7. The molecule has 1 saturated heterocycles. The Morgan fingerprint density at radius 3 is 2.38 bits per heavy atom. The van der Waals surface area contributed by atoms with Crippen LogP contribution in [0.25, 0.3) is 0 Å². The van der Waals surface area contributed by atoms with Crippen LogP contribution in [0.15, 0.2) is 30.3 Å². The minimum Gasteiger partial charge on any atom is -0.465 e. The fourth-order valence-corrected chi connectivity index (χ4v) is 3.53. The second-order valence-electron chi connectivity index (χ2n) is 6.77. The van der Waals surface area contributed by atoms with E-state index >= 15 is 0 Å². The van der Waals surface area contributed by atoms with Gasteiger partial charge in [0.25, 0.3) is 0 Å². The van der Waals surface area contributed by atoms with E-state index in [1.54, 1.807) is 6.92 Å². The van der Waals surface area contributed by atoms with Gasteiger partial charge in [0.1, 0.15) is 5.41 Å². The van der Waals surface area contributed by atoms with E-state index in [1.165, 1.54) is 5.69 Å². The summed E-state index contributed by atoms with van der Waals surface area (Å²) in [6.45, 7) is 3.53. The van der Waals surface area contributed by atoms with E-state index in [0.29, 0.717) is 38.6 Å². The Bertz CT molecular complexity index is 590. The summed E-state index contributed by atoms with van der Waals surface area (Å²) < 4.78 is 5.10.